The number of hydrogen-bond acceptors (Lipinski definition) is 1. The Bertz CT molecular complexity index is 107. The van der Waals surface area contributed by atoms with Crippen molar-refractivity contribution in [3.05, 3.63) is 11.1 Å². The van der Waals surface area contributed by atoms with E-state index in [1.807, 2.05) is 13.0 Å². The molecule has 0 N–H and O–H groups in total. The van der Waals surface area contributed by atoms with Gasteiger partial charge in [-0.2, -0.15) is 0 Å². The number of carbonyl (C=O) groups excluding carboxylic acids is 1. The van der Waals surface area contributed by atoms with Crippen LogP contribution in [-0.2, 0) is 4.79 Å². The number of allylic oxidation sites excluding steroid dienone is 2. The van der Waals surface area contributed by atoms with Crippen LogP contribution in [0.2, 0.25) is 0 Å². The minimum absolute atomic E-state index is 0.537. The second-order valence-corrected chi connectivity index (χ2v) is 2.25. The first-order valence-electron chi connectivity index (χ1n) is 3.09. The van der Waals surface area contributed by atoms with Gasteiger partial charge in [0.15, 0.2) is 0 Å². The highest BCUT2D eigenvalue weighted by molar-refractivity contribution is 6.29. The van der Waals surface area contributed by atoms with Gasteiger partial charge < -0.3 is 4.79 Å². The summed E-state index contributed by atoms with van der Waals surface area (Å²) < 4.78 is 0. The third-order valence-electron chi connectivity index (χ3n) is 0.927. The van der Waals surface area contributed by atoms with E-state index in [4.69, 9.17) is 11.6 Å². The van der Waals surface area contributed by atoms with E-state index in [0.717, 1.165) is 17.7 Å². The van der Waals surface area contributed by atoms with Gasteiger partial charge in [0, 0.05) is 11.5 Å². The largest absolute Gasteiger partial charge is 0.303 e. The van der Waals surface area contributed by atoms with E-state index in [2.05, 4.69) is 0 Å². The quantitative estimate of drug-likeness (QED) is 0.557. The molecule has 0 saturated carbocycles. The zero-order valence-electron chi connectivity index (χ0n) is 5.56. The van der Waals surface area contributed by atoms with Gasteiger partial charge in [0.2, 0.25) is 0 Å². The molecule has 0 bridgehead atoms. The van der Waals surface area contributed by atoms with Crippen LogP contribution in [-0.4, -0.2) is 6.29 Å². The Morgan fingerprint density at radius 1 is 1.67 bits per heavy atom. The molecular formula is C7H11ClO. The summed E-state index contributed by atoms with van der Waals surface area (Å²) in [5, 5.41) is 0.796. The van der Waals surface area contributed by atoms with Crippen LogP contribution >= 0.6 is 11.6 Å². The lowest BCUT2D eigenvalue weighted by Gasteiger charge is -1.90. The Balaban J connectivity index is 3.36. The molecule has 0 aliphatic carbocycles. The molecular weight excluding hydrogens is 136 g/mol. The normalized spacial score (nSPS) is 11.6. The molecule has 0 spiro atoms. The summed E-state index contributed by atoms with van der Waals surface area (Å²) in [6.45, 7) is 2.02. The highest BCUT2D eigenvalue weighted by Crippen LogP contribution is 2.08. The average Bonchev–Trinajstić information content (AvgIpc) is 1.85. The predicted molar refractivity (Wildman–Crippen MR) is 39.5 cm³/mol. The van der Waals surface area contributed by atoms with Gasteiger partial charge in [-0.3, -0.25) is 0 Å². The van der Waals surface area contributed by atoms with Crippen LogP contribution < -0.4 is 0 Å². The molecule has 0 aliphatic heterocycles. The molecule has 0 rings (SSSR count). The summed E-state index contributed by atoms with van der Waals surface area (Å²) in [7, 11) is 0. The van der Waals surface area contributed by atoms with E-state index in [-0.39, 0.29) is 0 Å². The van der Waals surface area contributed by atoms with Crippen LogP contribution in [0, 0.1) is 0 Å². The molecule has 0 aliphatic rings. The molecule has 0 heterocycles. The zero-order chi connectivity index (χ0) is 7.11. The lowest BCUT2D eigenvalue weighted by atomic mass is 10.3. The molecule has 0 unspecified atom stereocenters. The van der Waals surface area contributed by atoms with Gasteiger partial charge in [-0.25, -0.2) is 0 Å². The van der Waals surface area contributed by atoms with Gasteiger partial charge in [0.05, 0.1) is 0 Å². The topological polar surface area (TPSA) is 17.1 Å². The van der Waals surface area contributed by atoms with Crippen molar-refractivity contribution in [2.45, 2.75) is 26.2 Å². The lowest BCUT2D eigenvalue weighted by molar-refractivity contribution is -0.107. The third-order valence-corrected chi connectivity index (χ3v) is 1.27. The maximum atomic E-state index is 9.83. The second-order valence-electron chi connectivity index (χ2n) is 1.76. The van der Waals surface area contributed by atoms with Crippen molar-refractivity contribution in [3.63, 3.8) is 0 Å². The van der Waals surface area contributed by atoms with Gasteiger partial charge in [0.1, 0.15) is 6.29 Å². The first-order chi connectivity index (χ1) is 4.31. The molecule has 0 amide bonds. The Morgan fingerprint density at radius 3 is 2.78 bits per heavy atom. The molecule has 52 valence electrons. The fraction of sp³-hybridized carbons (Fsp3) is 0.571. The summed E-state index contributed by atoms with van der Waals surface area (Å²) in [5.41, 5.74) is 0. The molecule has 0 aromatic heterocycles. The van der Waals surface area contributed by atoms with Crippen molar-refractivity contribution < 1.29 is 4.79 Å². The molecule has 0 radical (unpaired) electrons. The summed E-state index contributed by atoms with van der Waals surface area (Å²) in [4.78, 5) is 9.83. The monoisotopic (exact) mass is 146 g/mol. The maximum Gasteiger partial charge on any atom is 0.120 e. The van der Waals surface area contributed by atoms with Gasteiger partial charge in [-0.05, 0) is 12.8 Å². The summed E-state index contributed by atoms with van der Waals surface area (Å²) in [6, 6.07) is 0. The van der Waals surface area contributed by atoms with Crippen LogP contribution in [0.15, 0.2) is 11.1 Å². The first kappa shape index (κ1) is 8.70. The van der Waals surface area contributed by atoms with E-state index in [0.29, 0.717) is 12.8 Å². The third kappa shape index (κ3) is 5.57. The highest BCUT2D eigenvalue weighted by atomic mass is 35.5. The van der Waals surface area contributed by atoms with E-state index in [9.17, 15) is 4.79 Å². The zero-order valence-corrected chi connectivity index (χ0v) is 6.32. The molecule has 1 nitrogen and oxygen atoms in total. The lowest BCUT2D eigenvalue weighted by Crippen LogP contribution is -1.75. The molecule has 9 heavy (non-hydrogen) atoms. The molecule has 0 aromatic carbocycles. The number of hydrogen-bond donors (Lipinski definition) is 0. The first-order valence-corrected chi connectivity index (χ1v) is 3.47. The van der Waals surface area contributed by atoms with Crippen LogP contribution in [0.5, 0.6) is 0 Å². The minimum Gasteiger partial charge on any atom is -0.303 e. The standard InChI is InChI=1S/C7H11ClO/c1-2-4-7(8)5-3-6-9/h4,6H,2-3,5H2,1H3. The van der Waals surface area contributed by atoms with Crippen molar-refractivity contribution in [1.29, 1.82) is 0 Å². The van der Waals surface area contributed by atoms with Gasteiger partial charge in [-0.15, -0.1) is 0 Å². The van der Waals surface area contributed by atoms with E-state index in [1.54, 1.807) is 0 Å². The van der Waals surface area contributed by atoms with Crippen molar-refractivity contribution in [2.75, 3.05) is 0 Å². The predicted octanol–water partition coefficient (Wildman–Crippen LogP) is 2.50. The summed E-state index contributed by atoms with van der Waals surface area (Å²) >= 11 is 5.66. The smallest absolute Gasteiger partial charge is 0.120 e. The molecule has 2 heteroatoms. The second kappa shape index (κ2) is 5.83. The Kier molecular flexibility index (Phi) is 5.64. The number of carbonyl (C=O) groups is 1. The van der Waals surface area contributed by atoms with Crippen molar-refractivity contribution >= 4 is 17.9 Å². The SMILES string of the molecule is CCC=C(Cl)CCC=O. The van der Waals surface area contributed by atoms with Crippen LogP contribution in [0.25, 0.3) is 0 Å². The number of aldehydes is 1. The van der Waals surface area contributed by atoms with Gasteiger partial charge in [0.25, 0.3) is 0 Å². The summed E-state index contributed by atoms with van der Waals surface area (Å²) in [6.07, 6.45) is 4.98. The number of rotatable bonds is 4. The maximum absolute atomic E-state index is 9.83. The minimum atomic E-state index is 0.537. The molecule has 0 atom stereocenters. The Labute approximate surface area is 60.7 Å². The number of halogens is 1. The summed E-state index contributed by atoms with van der Waals surface area (Å²) in [5.74, 6) is 0. The van der Waals surface area contributed by atoms with Gasteiger partial charge >= 0.3 is 0 Å². The Hall–Kier alpha value is -0.300. The van der Waals surface area contributed by atoms with Crippen molar-refractivity contribution in [3.8, 4) is 0 Å². The fourth-order valence-electron chi connectivity index (χ4n) is 0.520. The van der Waals surface area contributed by atoms with Crippen LogP contribution in [0.1, 0.15) is 26.2 Å². The van der Waals surface area contributed by atoms with Crippen LogP contribution in [0.3, 0.4) is 0 Å². The van der Waals surface area contributed by atoms with Crippen molar-refractivity contribution in [1.82, 2.24) is 0 Å². The van der Waals surface area contributed by atoms with E-state index in [1.165, 1.54) is 0 Å². The highest BCUT2D eigenvalue weighted by Gasteiger charge is 1.88. The molecule has 0 saturated heterocycles. The average molecular weight is 147 g/mol. The van der Waals surface area contributed by atoms with Crippen LogP contribution in [0.4, 0.5) is 0 Å². The molecule has 0 aromatic rings. The fourth-order valence-corrected chi connectivity index (χ4v) is 0.784. The van der Waals surface area contributed by atoms with Gasteiger partial charge in [-0.1, -0.05) is 24.6 Å². The van der Waals surface area contributed by atoms with E-state index < -0.39 is 0 Å². The van der Waals surface area contributed by atoms with Crippen molar-refractivity contribution in [2.24, 2.45) is 0 Å². The molecule has 0 fully saturated rings. The van der Waals surface area contributed by atoms with E-state index >= 15 is 0 Å². The Morgan fingerprint density at radius 2 is 2.33 bits per heavy atom.